The summed E-state index contributed by atoms with van der Waals surface area (Å²) in [5.41, 5.74) is 0.639. The third kappa shape index (κ3) is 2.44. The Hall–Kier alpha value is -0.0800. The van der Waals surface area contributed by atoms with Crippen molar-refractivity contribution >= 4 is 0 Å². The largest absolute Gasteiger partial charge is 0.381 e. The molecule has 0 bridgehead atoms. The summed E-state index contributed by atoms with van der Waals surface area (Å²) >= 11 is 0. The normalized spacial score (nSPS) is 36.9. The molecule has 2 heteroatoms. The van der Waals surface area contributed by atoms with Crippen LogP contribution in [0.5, 0.6) is 0 Å². The molecule has 1 unspecified atom stereocenters. The molecular formula is C11H21NO. The predicted molar refractivity (Wildman–Crippen MR) is 53.8 cm³/mol. The highest BCUT2D eigenvalue weighted by Crippen LogP contribution is 2.39. The molecule has 13 heavy (non-hydrogen) atoms. The summed E-state index contributed by atoms with van der Waals surface area (Å²) in [5, 5.41) is 3.50. The zero-order valence-electron chi connectivity index (χ0n) is 8.48. The fourth-order valence-electron chi connectivity index (χ4n) is 2.76. The van der Waals surface area contributed by atoms with Crippen molar-refractivity contribution in [3.8, 4) is 0 Å². The van der Waals surface area contributed by atoms with Gasteiger partial charge in [-0.05, 0) is 57.0 Å². The van der Waals surface area contributed by atoms with Gasteiger partial charge in [-0.1, -0.05) is 0 Å². The van der Waals surface area contributed by atoms with Crippen molar-refractivity contribution in [2.75, 3.05) is 26.3 Å². The van der Waals surface area contributed by atoms with Crippen LogP contribution in [-0.2, 0) is 4.74 Å². The lowest BCUT2D eigenvalue weighted by atomic mass is 9.75. The van der Waals surface area contributed by atoms with Gasteiger partial charge in [0, 0.05) is 13.2 Å². The second kappa shape index (κ2) is 4.43. The first-order chi connectivity index (χ1) is 6.41. The minimum Gasteiger partial charge on any atom is -0.381 e. The Bertz CT molecular complexity index is 121. The highest BCUT2D eigenvalue weighted by Gasteiger charge is 2.31. The highest BCUT2D eigenvalue weighted by molar-refractivity contribution is 4.83. The van der Waals surface area contributed by atoms with E-state index in [2.05, 4.69) is 5.32 Å². The molecule has 1 N–H and O–H groups in total. The minimum absolute atomic E-state index is 0.639. The van der Waals surface area contributed by atoms with Crippen LogP contribution in [0.3, 0.4) is 0 Å². The Balaban J connectivity index is 1.97. The van der Waals surface area contributed by atoms with E-state index in [1.165, 1.54) is 51.6 Å². The molecule has 0 amide bonds. The standard InChI is InChI=1S/C11H21NO/c1-3-11(5-8-12-7-1)4-2-9-13-10-6-11/h12H,1-10H2. The first-order valence-corrected chi connectivity index (χ1v) is 5.70. The molecular weight excluding hydrogens is 162 g/mol. The average Bonchev–Trinajstić information content (AvgIpc) is 2.50. The van der Waals surface area contributed by atoms with Gasteiger partial charge < -0.3 is 10.1 Å². The Kier molecular flexibility index (Phi) is 3.23. The van der Waals surface area contributed by atoms with Crippen LogP contribution in [-0.4, -0.2) is 26.3 Å². The third-order valence-corrected chi connectivity index (χ3v) is 3.67. The molecule has 2 nitrogen and oxygen atoms in total. The van der Waals surface area contributed by atoms with E-state index in [0.717, 1.165) is 13.2 Å². The summed E-state index contributed by atoms with van der Waals surface area (Å²) in [6.45, 7) is 4.44. The van der Waals surface area contributed by atoms with E-state index < -0.39 is 0 Å². The van der Waals surface area contributed by atoms with E-state index in [1.807, 2.05) is 0 Å². The summed E-state index contributed by atoms with van der Waals surface area (Å²) in [6.07, 6.45) is 8.13. The van der Waals surface area contributed by atoms with E-state index in [0.29, 0.717) is 5.41 Å². The number of ether oxygens (including phenoxy) is 1. The van der Waals surface area contributed by atoms with Gasteiger partial charge in [0.1, 0.15) is 0 Å². The third-order valence-electron chi connectivity index (χ3n) is 3.67. The molecule has 1 spiro atoms. The molecule has 2 rings (SSSR count). The Labute approximate surface area is 81.0 Å². The Morgan fingerprint density at radius 2 is 1.77 bits per heavy atom. The second-order valence-corrected chi connectivity index (χ2v) is 4.57. The molecule has 2 aliphatic heterocycles. The van der Waals surface area contributed by atoms with Crippen LogP contribution >= 0.6 is 0 Å². The second-order valence-electron chi connectivity index (χ2n) is 4.57. The number of hydrogen-bond acceptors (Lipinski definition) is 2. The van der Waals surface area contributed by atoms with Crippen LogP contribution < -0.4 is 5.32 Å². The maximum atomic E-state index is 5.54. The summed E-state index contributed by atoms with van der Waals surface area (Å²) in [6, 6.07) is 0. The Morgan fingerprint density at radius 1 is 0.846 bits per heavy atom. The van der Waals surface area contributed by atoms with Gasteiger partial charge in [0.15, 0.2) is 0 Å². The molecule has 2 fully saturated rings. The quantitative estimate of drug-likeness (QED) is 0.620. The van der Waals surface area contributed by atoms with Crippen molar-refractivity contribution in [2.24, 2.45) is 5.41 Å². The molecule has 2 aliphatic rings. The predicted octanol–water partition coefficient (Wildman–Crippen LogP) is 1.95. The van der Waals surface area contributed by atoms with Gasteiger partial charge >= 0.3 is 0 Å². The van der Waals surface area contributed by atoms with E-state index in [4.69, 9.17) is 4.74 Å². The first kappa shape index (κ1) is 9.47. The van der Waals surface area contributed by atoms with Crippen LogP contribution in [0, 0.1) is 5.41 Å². The van der Waals surface area contributed by atoms with Crippen LogP contribution in [0.25, 0.3) is 0 Å². The van der Waals surface area contributed by atoms with Crippen molar-refractivity contribution in [3.63, 3.8) is 0 Å². The fourth-order valence-corrected chi connectivity index (χ4v) is 2.76. The van der Waals surface area contributed by atoms with Gasteiger partial charge in [-0.25, -0.2) is 0 Å². The van der Waals surface area contributed by atoms with Crippen molar-refractivity contribution in [1.82, 2.24) is 5.32 Å². The highest BCUT2D eigenvalue weighted by atomic mass is 16.5. The summed E-state index contributed by atoms with van der Waals surface area (Å²) in [4.78, 5) is 0. The number of hydrogen-bond donors (Lipinski definition) is 1. The van der Waals surface area contributed by atoms with Crippen LogP contribution in [0.4, 0.5) is 0 Å². The van der Waals surface area contributed by atoms with E-state index in [9.17, 15) is 0 Å². The van der Waals surface area contributed by atoms with E-state index in [-0.39, 0.29) is 0 Å². The summed E-state index contributed by atoms with van der Waals surface area (Å²) in [5.74, 6) is 0. The van der Waals surface area contributed by atoms with Crippen molar-refractivity contribution in [1.29, 1.82) is 0 Å². The molecule has 0 aliphatic carbocycles. The fraction of sp³-hybridized carbons (Fsp3) is 1.00. The molecule has 2 heterocycles. The monoisotopic (exact) mass is 183 g/mol. The zero-order chi connectivity index (χ0) is 8.99. The molecule has 0 aromatic rings. The van der Waals surface area contributed by atoms with Gasteiger partial charge in [-0.15, -0.1) is 0 Å². The molecule has 2 saturated heterocycles. The number of nitrogens with one attached hydrogen (secondary N) is 1. The van der Waals surface area contributed by atoms with Crippen molar-refractivity contribution < 1.29 is 4.74 Å². The Morgan fingerprint density at radius 3 is 2.77 bits per heavy atom. The lowest BCUT2D eigenvalue weighted by Gasteiger charge is -2.30. The maximum absolute atomic E-state index is 5.54. The lowest BCUT2D eigenvalue weighted by molar-refractivity contribution is 0.126. The summed E-state index contributed by atoms with van der Waals surface area (Å²) in [7, 11) is 0. The van der Waals surface area contributed by atoms with E-state index in [1.54, 1.807) is 0 Å². The SMILES string of the molecule is C1CNCCC2(C1)CCCOCC2. The average molecular weight is 183 g/mol. The van der Waals surface area contributed by atoms with Crippen LogP contribution in [0.15, 0.2) is 0 Å². The van der Waals surface area contributed by atoms with Crippen LogP contribution in [0.1, 0.15) is 38.5 Å². The van der Waals surface area contributed by atoms with E-state index >= 15 is 0 Å². The topological polar surface area (TPSA) is 21.3 Å². The summed E-state index contributed by atoms with van der Waals surface area (Å²) < 4.78 is 5.54. The molecule has 0 radical (unpaired) electrons. The van der Waals surface area contributed by atoms with Gasteiger partial charge in [0.2, 0.25) is 0 Å². The minimum atomic E-state index is 0.639. The van der Waals surface area contributed by atoms with Gasteiger partial charge in [-0.2, -0.15) is 0 Å². The maximum Gasteiger partial charge on any atom is 0.0471 e. The molecule has 0 aromatic carbocycles. The van der Waals surface area contributed by atoms with Gasteiger partial charge in [-0.3, -0.25) is 0 Å². The van der Waals surface area contributed by atoms with Crippen molar-refractivity contribution in [3.05, 3.63) is 0 Å². The smallest absolute Gasteiger partial charge is 0.0471 e. The molecule has 0 aromatic heterocycles. The van der Waals surface area contributed by atoms with Crippen LogP contribution in [0.2, 0.25) is 0 Å². The first-order valence-electron chi connectivity index (χ1n) is 5.70. The van der Waals surface area contributed by atoms with Gasteiger partial charge in [0.25, 0.3) is 0 Å². The zero-order valence-corrected chi connectivity index (χ0v) is 8.48. The van der Waals surface area contributed by atoms with Crippen molar-refractivity contribution in [2.45, 2.75) is 38.5 Å². The van der Waals surface area contributed by atoms with Gasteiger partial charge in [0.05, 0.1) is 0 Å². The number of rotatable bonds is 0. The lowest BCUT2D eigenvalue weighted by Crippen LogP contribution is -2.23. The molecule has 76 valence electrons. The molecule has 0 saturated carbocycles. The molecule has 1 atom stereocenters.